The summed E-state index contributed by atoms with van der Waals surface area (Å²) in [5, 5.41) is 37.0. The molecular weight excluding hydrogens is 1160 g/mol. The van der Waals surface area contributed by atoms with Crippen LogP contribution >= 0.6 is 0 Å². The molecule has 5 rings (SSSR count). The van der Waals surface area contributed by atoms with E-state index in [4.69, 9.17) is 9.72 Å². The molecule has 1 aromatic heterocycles. The van der Waals surface area contributed by atoms with Crippen molar-refractivity contribution in [3.63, 3.8) is 0 Å². The number of pyridine rings is 1. The Morgan fingerprint density at radius 1 is 0.683 bits per heavy atom. The maximum absolute atomic E-state index is 13.5. The molecule has 1 radical (unpaired) electrons. The number of aryl methyl sites for hydroxylation is 5. The largest absolute Gasteiger partial charge is 2.00 e. The number of benzene rings is 1. The van der Waals surface area contributed by atoms with Gasteiger partial charge < -0.3 is 45.8 Å². The molecule has 2 aromatic rings. The van der Waals surface area contributed by atoms with Crippen molar-refractivity contribution in [1.29, 1.82) is 0 Å². The summed E-state index contributed by atoms with van der Waals surface area (Å²) in [5.41, 5.74) is 3.94. The third-order valence-corrected chi connectivity index (χ3v) is 17.3. The Balaban J connectivity index is 0.0000144. The average molecular weight is 1240 g/mol. The number of rotatable bonds is 31. The van der Waals surface area contributed by atoms with E-state index in [0.29, 0.717) is 83.8 Å². The van der Waals surface area contributed by atoms with Crippen LogP contribution in [0.25, 0.3) is 0 Å². The molecule has 1 aromatic carbocycles. The van der Waals surface area contributed by atoms with Crippen molar-refractivity contribution < 1.29 is 92.1 Å². The second-order valence-electron chi connectivity index (χ2n) is 21.3. The van der Waals surface area contributed by atoms with Crippen molar-refractivity contribution >= 4 is 61.6 Å². The number of ketones is 1. The van der Waals surface area contributed by atoms with Gasteiger partial charge in [-0.3, -0.25) is 52.9 Å². The van der Waals surface area contributed by atoms with E-state index in [1.54, 1.807) is 0 Å². The third kappa shape index (κ3) is 24.6. The molecule has 0 spiro atoms. The number of aromatic nitrogens is 1. The van der Waals surface area contributed by atoms with Gasteiger partial charge in [0, 0.05) is 103 Å². The predicted molar refractivity (Wildman–Crippen MR) is 298 cm³/mol. The number of aliphatic carboxylic acids is 3. The van der Waals surface area contributed by atoms with Gasteiger partial charge in [-0.15, -0.1) is 0 Å². The summed E-state index contributed by atoms with van der Waals surface area (Å²) in [6.07, 6.45) is 7.32. The number of fused-ring (bicyclic) bond motifs is 4. The third-order valence-electron chi connectivity index (χ3n) is 14.7. The van der Waals surface area contributed by atoms with Crippen molar-refractivity contribution in [2.45, 2.75) is 140 Å². The number of unbranched alkanes of at least 4 members (excludes halogenated alkanes) is 1. The summed E-state index contributed by atoms with van der Waals surface area (Å²) in [4.78, 5) is 101. The van der Waals surface area contributed by atoms with Gasteiger partial charge >= 0.3 is 35.0 Å². The number of sulfonamides is 1. The molecule has 8 N–H and O–H groups in total. The van der Waals surface area contributed by atoms with Crippen LogP contribution in [0.2, 0.25) is 0 Å². The first-order valence-electron chi connectivity index (χ1n) is 28.1. The van der Waals surface area contributed by atoms with Crippen molar-refractivity contribution in [2.24, 2.45) is 0 Å². The second-order valence-corrected chi connectivity index (χ2v) is 24.4. The number of Topliss-reactive ketones (excluding diaryl/α,β-unsaturated/α-hetero) is 1. The number of carboxylic acids is 3. The number of hydrogen-bond acceptors (Lipinski definition) is 17. The molecule has 3 heterocycles. The fourth-order valence-corrected chi connectivity index (χ4v) is 12.8. The van der Waals surface area contributed by atoms with Gasteiger partial charge in [-0.2, -0.15) is 13.1 Å². The van der Waals surface area contributed by atoms with E-state index in [0.717, 1.165) is 50.2 Å². The van der Waals surface area contributed by atoms with Gasteiger partial charge in [-0.1, -0.05) is 6.07 Å². The quantitative estimate of drug-likeness (QED) is 0.0298. The Morgan fingerprint density at radius 2 is 1.33 bits per heavy atom. The van der Waals surface area contributed by atoms with E-state index in [9.17, 15) is 70.3 Å². The Kier molecular flexibility index (Phi) is 29.2. The molecule has 28 heteroatoms. The fraction of sp³-hybridized carbons (Fsp3) is 0.667. The van der Waals surface area contributed by atoms with Crippen molar-refractivity contribution in [2.75, 3.05) is 97.4 Å². The minimum Gasteiger partial charge on any atom is -0.494 e. The van der Waals surface area contributed by atoms with E-state index in [1.807, 2.05) is 15.9 Å². The zero-order valence-corrected chi connectivity index (χ0v) is 49.6. The molecule has 461 valence electrons. The Labute approximate surface area is 491 Å². The molecule has 1 aliphatic carbocycles. The fourth-order valence-electron chi connectivity index (χ4n) is 10.5. The molecule has 2 bridgehead atoms. The predicted octanol–water partition coefficient (Wildman–Crippen LogP) is 1.17. The normalized spacial score (nSPS) is 18.5. The monoisotopic (exact) mass is 1240 g/mol. The molecule has 82 heavy (non-hydrogen) atoms. The van der Waals surface area contributed by atoms with Crippen LogP contribution in [0.5, 0.6) is 5.75 Å². The number of amides is 3. The first-order chi connectivity index (χ1) is 38.5. The zero-order chi connectivity index (χ0) is 59.1. The van der Waals surface area contributed by atoms with Crippen molar-refractivity contribution in [3.8, 4) is 5.75 Å². The van der Waals surface area contributed by atoms with Crippen LogP contribution in [0.1, 0.15) is 112 Å². The van der Waals surface area contributed by atoms with E-state index >= 15 is 0 Å². The van der Waals surface area contributed by atoms with Gasteiger partial charge in [0.2, 0.25) is 27.7 Å². The van der Waals surface area contributed by atoms with Crippen LogP contribution < -0.4 is 25.4 Å². The zero-order valence-electron chi connectivity index (χ0n) is 47.0. The van der Waals surface area contributed by atoms with Gasteiger partial charge in [0.05, 0.1) is 18.0 Å². The number of carbonyl (C=O) groups is 7. The van der Waals surface area contributed by atoms with Crippen LogP contribution in [0.4, 0.5) is 0 Å². The first kappa shape index (κ1) is 69.3. The molecular formula is C54H83CuN9O16S2+2. The van der Waals surface area contributed by atoms with Gasteiger partial charge in [0.25, 0.3) is 10.1 Å². The average Bonchev–Trinajstić information content (AvgIpc) is 3.51. The minimum absolute atomic E-state index is 0. The van der Waals surface area contributed by atoms with Crippen LogP contribution in [0.3, 0.4) is 0 Å². The molecule has 3 amide bonds. The van der Waals surface area contributed by atoms with Crippen molar-refractivity contribution in [1.82, 2.24) is 45.3 Å². The number of nitrogens with one attached hydrogen (secondary N) is 4. The number of hydrogen-bond donors (Lipinski definition) is 8. The number of ether oxygens (including phenoxy) is 1. The summed E-state index contributed by atoms with van der Waals surface area (Å²) in [7, 11) is -9.13. The molecule has 2 aliphatic heterocycles. The maximum atomic E-state index is 13.5. The number of carboxylic acid groups (broad SMARTS) is 3. The van der Waals surface area contributed by atoms with Crippen LogP contribution in [0.15, 0.2) is 29.2 Å². The molecule has 2 saturated heterocycles. The molecule has 25 nitrogen and oxygen atoms in total. The molecule has 5 atom stereocenters. The molecule has 2 fully saturated rings. The number of nitrogens with zero attached hydrogens (tertiary/aromatic N) is 5. The van der Waals surface area contributed by atoms with E-state index in [1.165, 1.54) is 38.0 Å². The Hall–Kier alpha value is -5.16. The van der Waals surface area contributed by atoms with E-state index < -0.39 is 86.1 Å². The van der Waals surface area contributed by atoms with Crippen LogP contribution in [-0.4, -0.2) is 218 Å². The van der Waals surface area contributed by atoms with Gasteiger partial charge in [0.1, 0.15) is 29.6 Å². The summed E-state index contributed by atoms with van der Waals surface area (Å²) in [6, 6.07) is 2.74. The minimum atomic E-state index is -4.74. The maximum Gasteiger partial charge on any atom is 2.00 e. The summed E-state index contributed by atoms with van der Waals surface area (Å²) in [6.45, 7) is 8.78. The van der Waals surface area contributed by atoms with Gasteiger partial charge in [0.15, 0.2) is 5.78 Å². The standard InChI is InChI=1S/C54H83N9O16S2.Cu/c1-38-33-42(34-39(2)52(38)81(77,78)59-44(53(70)71)35-56-49(66)15-6-4-12-41-18-17-40-11-3-5-13-43(40)57-41)79-32-8-16-48(65)55-21-7-14-47(64)45(37-80(74,75)76)58-50(67)20-19-46(54(72)73)63-25-10-23-60-26-27-61(30-31-63)22-9-24-62(29-28-60)36-51(68)69;/h17-18,33-34,44-46,59H,3-16,19-32,35-37H2,1-2H3,(H,55,65)(H,56,66)(H,58,67)(H,68,69)(H,70,71)(H,72,73)(H,74,75,76);/q;+2/t44-,45?,46?;/m0./s1. The van der Waals surface area contributed by atoms with Gasteiger partial charge in [-0.25, -0.2) is 8.42 Å². The molecule has 0 saturated carbocycles. The van der Waals surface area contributed by atoms with E-state index in [-0.39, 0.29) is 104 Å². The Bertz CT molecular complexity index is 2700. The van der Waals surface area contributed by atoms with Gasteiger partial charge in [-0.05, 0) is 139 Å². The van der Waals surface area contributed by atoms with Crippen LogP contribution in [0, 0.1) is 13.8 Å². The summed E-state index contributed by atoms with van der Waals surface area (Å²) >= 11 is 0. The molecule has 3 aliphatic rings. The Morgan fingerprint density at radius 3 is 2.00 bits per heavy atom. The van der Waals surface area contributed by atoms with Crippen LogP contribution in [-0.2, 0) is 90.0 Å². The molecule has 4 unspecified atom stereocenters. The smallest absolute Gasteiger partial charge is 0.494 e. The second kappa shape index (κ2) is 34.6. The summed E-state index contributed by atoms with van der Waals surface area (Å²) in [5.74, 6) is -6.58. The summed E-state index contributed by atoms with van der Waals surface area (Å²) < 4.78 is 68.5. The topological polar surface area (TPSA) is 352 Å². The van der Waals surface area contributed by atoms with E-state index in [2.05, 4.69) is 36.5 Å². The number of carbonyl (C=O) groups excluding carboxylic acids is 4. The first-order valence-corrected chi connectivity index (χ1v) is 31.2. The van der Waals surface area contributed by atoms with Crippen molar-refractivity contribution in [3.05, 3.63) is 52.3 Å². The SMILES string of the molecule is Cc1cc(OCCCC(=O)NCCCC(=O)C(CS(=O)(=O)O)NC(=O)CCC(C(=O)O)N2CCCN3CCN(CCCN(CC(=O)O)CC3)CC2)cc(C)c1S(=O)(=O)N[C@@H](CNC(=O)CCCCc1ccc2c(n1)CCCC2)C(=O)O.[Cu+2].